The van der Waals surface area contributed by atoms with Crippen LogP contribution < -0.4 is 19.5 Å². The molecule has 0 radical (unpaired) electrons. The van der Waals surface area contributed by atoms with Crippen LogP contribution in [0.15, 0.2) is 61.2 Å². The third-order valence-corrected chi connectivity index (χ3v) is 3.19. The van der Waals surface area contributed by atoms with Gasteiger partial charge in [0.15, 0.2) is 6.10 Å². The predicted octanol–water partition coefficient (Wildman–Crippen LogP) is 3.67. The number of hydrogen-bond acceptors (Lipinski definition) is 4. The highest BCUT2D eigenvalue weighted by molar-refractivity contribution is 5.94. The maximum absolute atomic E-state index is 12.3. The van der Waals surface area contributed by atoms with E-state index in [9.17, 15) is 4.79 Å². The Kier molecular flexibility index (Phi) is 6.25. The first-order chi connectivity index (χ1) is 11.6. The number of carbonyl (C=O) groups excluding carboxylic acids is 1. The molecule has 0 aliphatic rings. The second-order valence-corrected chi connectivity index (χ2v) is 5.06. The second kappa shape index (κ2) is 8.62. The number of hydrogen-bond donors (Lipinski definition) is 1. The Morgan fingerprint density at radius 3 is 2.62 bits per heavy atom. The zero-order valence-electron chi connectivity index (χ0n) is 13.8. The van der Waals surface area contributed by atoms with Gasteiger partial charge in [-0.05, 0) is 31.2 Å². The Hall–Kier alpha value is -2.95. The molecule has 126 valence electrons. The topological polar surface area (TPSA) is 56.8 Å². The molecule has 1 atom stereocenters. The zero-order chi connectivity index (χ0) is 17.4. The van der Waals surface area contributed by atoms with Crippen molar-refractivity contribution in [1.82, 2.24) is 0 Å². The maximum atomic E-state index is 12.3. The Balaban J connectivity index is 1.96. The molecule has 2 aromatic carbocycles. The smallest absolute Gasteiger partial charge is 0.265 e. The van der Waals surface area contributed by atoms with Crippen molar-refractivity contribution in [3.8, 4) is 17.2 Å². The third-order valence-electron chi connectivity index (χ3n) is 3.19. The van der Waals surface area contributed by atoms with E-state index < -0.39 is 6.10 Å². The largest absolute Gasteiger partial charge is 0.497 e. The summed E-state index contributed by atoms with van der Waals surface area (Å²) in [5, 5.41) is 2.81. The van der Waals surface area contributed by atoms with E-state index in [1.807, 2.05) is 18.2 Å². The van der Waals surface area contributed by atoms with Gasteiger partial charge in [-0.3, -0.25) is 4.79 Å². The number of ether oxygens (including phenoxy) is 3. The first kappa shape index (κ1) is 17.4. The third kappa shape index (κ3) is 5.05. The number of benzene rings is 2. The lowest BCUT2D eigenvalue weighted by molar-refractivity contribution is -0.122. The van der Waals surface area contributed by atoms with Gasteiger partial charge in [-0.25, -0.2) is 0 Å². The lowest BCUT2D eigenvalue weighted by Gasteiger charge is -2.15. The summed E-state index contributed by atoms with van der Waals surface area (Å²) < 4.78 is 16.2. The molecule has 0 saturated carbocycles. The van der Waals surface area contributed by atoms with E-state index in [0.717, 1.165) is 0 Å². The molecule has 2 rings (SSSR count). The van der Waals surface area contributed by atoms with Gasteiger partial charge >= 0.3 is 0 Å². The molecule has 5 heteroatoms. The van der Waals surface area contributed by atoms with Crippen molar-refractivity contribution >= 4 is 11.6 Å². The predicted molar refractivity (Wildman–Crippen MR) is 93.8 cm³/mol. The Labute approximate surface area is 141 Å². The van der Waals surface area contributed by atoms with Gasteiger partial charge in [-0.2, -0.15) is 0 Å². The number of carbonyl (C=O) groups is 1. The van der Waals surface area contributed by atoms with Gasteiger partial charge in [0.05, 0.1) is 7.11 Å². The minimum atomic E-state index is -0.658. The van der Waals surface area contributed by atoms with Crippen LogP contribution in [-0.2, 0) is 4.79 Å². The molecule has 5 nitrogen and oxygen atoms in total. The molecule has 0 aliphatic carbocycles. The van der Waals surface area contributed by atoms with Crippen molar-refractivity contribution < 1.29 is 19.0 Å². The Morgan fingerprint density at radius 1 is 1.17 bits per heavy atom. The van der Waals surface area contributed by atoms with E-state index >= 15 is 0 Å². The fraction of sp³-hybridized carbons (Fsp3) is 0.211. The molecular weight excluding hydrogens is 306 g/mol. The normalized spacial score (nSPS) is 11.2. The van der Waals surface area contributed by atoms with Crippen LogP contribution >= 0.6 is 0 Å². The first-order valence-electron chi connectivity index (χ1n) is 7.57. The second-order valence-electron chi connectivity index (χ2n) is 5.06. The number of methoxy groups -OCH3 is 1. The summed E-state index contributed by atoms with van der Waals surface area (Å²) in [6, 6.07) is 14.3. The zero-order valence-corrected chi connectivity index (χ0v) is 13.8. The van der Waals surface area contributed by atoms with E-state index in [2.05, 4.69) is 11.9 Å². The van der Waals surface area contributed by atoms with Gasteiger partial charge in [0.2, 0.25) is 0 Å². The number of rotatable bonds is 8. The molecule has 0 fully saturated rings. The van der Waals surface area contributed by atoms with E-state index in [4.69, 9.17) is 14.2 Å². The van der Waals surface area contributed by atoms with Crippen LogP contribution in [0.4, 0.5) is 5.69 Å². The molecule has 1 amide bonds. The molecule has 0 aliphatic heterocycles. The fourth-order valence-corrected chi connectivity index (χ4v) is 1.99. The van der Waals surface area contributed by atoms with Crippen molar-refractivity contribution in [1.29, 1.82) is 0 Å². The van der Waals surface area contributed by atoms with Crippen LogP contribution in [0.1, 0.15) is 6.92 Å². The minimum absolute atomic E-state index is 0.251. The summed E-state index contributed by atoms with van der Waals surface area (Å²) in [6.07, 6.45) is 1.00. The molecule has 0 aromatic heterocycles. The van der Waals surface area contributed by atoms with Crippen LogP contribution in [0, 0.1) is 0 Å². The molecule has 1 N–H and O–H groups in total. The van der Waals surface area contributed by atoms with Gasteiger partial charge in [-0.1, -0.05) is 24.8 Å². The molecule has 0 bridgehead atoms. The maximum Gasteiger partial charge on any atom is 0.265 e. The molecule has 0 spiro atoms. The van der Waals surface area contributed by atoms with Crippen LogP contribution in [0.3, 0.4) is 0 Å². The molecule has 0 saturated heterocycles. The van der Waals surface area contributed by atoms with Crippen LogP contribution in [0.5, 0.6) is 17.2 Å². The van der Waals surface area contributed by atoms with Crippen molar-refractivity contribution in [2.75, 3.05) is 19.0 Å². The highest BCUT2D eigenvalue weighted by Crippen LogP contribution is 2.21. The van der Waals surface area contributed by atoms with Gasteiger partial charge in [-0.15, -0.1) is 0 Å². The fourth-order valence-electron chi connectivity index (χ4n) is 1.99. The van der Waals surface area contributed by atoms with Crippen LogP contribution in [0.25, 0.3) is 0 Å². The van der Waals surface area contributed by atoms with E-state index in [0.29, 0.717) is 29.5 Å². The molecular formula is C19H21NO4. The summed E-state index contributed by atoms with van der Waals surface area (Å²) in [4.78, 5) is 12.3. The Morgan fingerprint density at radius 2 is 1.88 bits per heavy atom. The van der Waals surface area contributed by atoms with Gasteiger partial charge in [0.1, 0.15) is 23.9 Å². The SMILES string of the molecule is C=CCOc1cccc(NC(=O)[C@H](C)Oc2cccc(OC)c2)c1. The van der Waals surface area contributed by atoms with Gasteiger partial charge in [0, 0.05) is 17.8 Å². The Bertz CT molecular complexity index is 699. The lowest BCUT2D eigenvalue weighted by atomic mass is 10.2. The number of amides is 1. The number of nitrogens with one attached hydrogen (secondary N) is 1. The average molecular weight is 327 g/mol. The van der Waals surface area contributed by atoms with Crippen molar-refractivity contribution in [3.05, 3.63) is 61.2 Å². The molecule has 0 unspecified atom stereocenters. The minimum Gasteiger partial charge on any atom is -0.497 e. The number of anilines is 1. The average Bonchev–Trinajstić information content (AvgIpc) is 2.60. The molecule has 0 heterocycles. The van der Waals surface area contributed by atoms with Gasteiger partial charge < -0.3 is 19.5 Å². The summed E-state index contributed by atoms with van der Waals surface area (Å²) in [5.41, 5.74) is 0.641. The molecule has 2 aromatic rings. The monoisotopic (exact) mass is 327 g/mol. The summed E-state index contributed by atoms with van der Waals surface area (Å²) >= 11 is 0. The summed E-state index contributed by atoms with van der Waals surface area (Å²) in [7, 11) is 1.58. The van der Waals surface area contributed by atoms with E-state index in [-0.39, 0.29) is 5.91 Å². The van der Waals surface area contributed by atoms with E-state index in [1.165, 1.54) is 0 Å². The van der Waals surface area contributed by atoms with Crippen molar-refractivity contribution in [3.63, 3.8) is 0 Å². The summed E-state index contributed by atoms with van der Waals surface area (Å²) in [5.74, 6) is 1.65. The van der Waals surface area contributed by atoms with E-state index in [1.54, 1.807) is 50.4 Å². The summed E-state index contributed by atoms with van der Waals surface area (Å²) in [6.45, 7) is 5.70. The van der Waals surface area contributed by atoms with Crippen LogP contribution in [0.2, 0.25) is 0 Å². The van der Waals surface area contributed by atoms with Crippen molar-refractivity contribution in [2.45, 2.75) is 13.0 Å². The highest BCUT2D eigenvalue weighted by Gasteiger charge is 2.15. The quantitative estimate of drug-likeness (QED) is 0.752. The highest BCUT2D eigenvalue weighted by atomic mass is 16.5. The van der Waals surface area contributed by atoms with Crippen LogP contribution in [-0.4, -0.2) is 25.7 Å². The van der Waals surface area contributed by atoms with Crippen molar-refractivity contribution in [2.24, 2.45) is 0 Å². The van der Waals surface area contributed by atoms with Gasteiger partial charge in [0.25, 0.3) is 5.91 Å². The first-order valence-corrected chi connectivity index (χ1v) is 7.57. The standard InChI is InChI=1S/C19H21NO4/c1-4-11-23-17-9-5-7-15(12-17)20-19(21)14(2)24-18-10-6-8-16(13-18)22-3/h4-10,12-14H,1,11H2,2-3H3,(H,20,21)/t14-/m0/s1. The molecule has 24 heavy (non-hydrogen) atoms. The lowest BCUT2D eigenvalue weighted by Crippen LogP contribution is -2.30.